The highest BCUT2D eigenvalue weighted by molar-refractivity contribution is 5.99. The van der Waals surface area contributed by atoms with E-state index in [1.165, 1.54) is 5.56 Å². The van der Waals surface area contributed by atoms with Crippen LogP contribution < -0.4 is 0 Å². The second-order valence-electron chi connectivity index (χ2n) is 6.13. The first kappa shape index (κ1) is 16.2. The van der Waals surface area contributed by atoms with Gasteiger partial charge in [-0.1, -0.05) is 38.1 Å². The lowest BCUT2D eigenvalue weighted by Crippen LogP contribution is -2.50. The molecule has 1 aliphatic heterocycles. The Morgan fingerprint density at radius 1 is 1.38 bits per heavy atom. The van der Waals surface area contributed by atoms with E-state index >= 15 is 0 Å². The summed E-state index contributed by atoms with van der Waals surface area (Å²) in [6.07, 6.45) is 2.32. The van der Waals surface area contributed by atoms with Gasteiger partial charge in [0.15, 0.2) is 5.78 Å². The molecule has 3 nitrogen and oxygen atoms in total. The van der Waals surface area contributed by atoms with Crippen molar-refractivity contribution in [2.24, 2.45) is 5.92 Å². The van der Waals surface area contributed by atoms with Crippen LogP contribution in [0, 0.1) is 5.92 Å². The van der Waals surface area contributed by atoms with E-state index < -0.39 is 0 Å². The first-order valence-electron chi connectivity index (χ1n) is 7.96. The number of methoxy groups -OCH3 is 1. The third-order valence-electron chi connectivity index (χ3n) is 4.80. The Kier molecular flexibility index (Phi) is 5.54. The number of Topliss-reactive ketones (excluding diaryl/α,β-unsaturated/α-hetero) is 1. The van der Waals surface area contributed by atoms with Crippen LogP contribution in [0.2, 0.25) is 0 Å². The molecule has 3 heteroatoms. The average molecular weight is 289 g/mol. The van der Waals surface area contributed by atoms with Crippen LogP contribution in [0.1, 0.15) is 43.1 Å². The zero-order valence-electron chi connectivity index (χ0n) is 13.6. The minimum atomic E-state index is -0.0809. The number of rotatable bonds is 5. The summed E-state index contributed by atoms with van der Waals surface area (Å²) >= 11 is 0. The number of carbonyl (C=O) groups excluding carboxylic acids is 1. The smallest absolute Gasteiger partial charge is 0.179 e. The van der Waals surface area contributed by atoms with Crippen molar-refractivity contribution in [2.75, 3.05) is 20.2 Å². The van der Waals surface area contributed by atoms with Gasteiger partial charge in [-0.05, 0) is 37.8 Å². The van der Waals surface area contributed by atoms with E-state index in [0.29, 0.717) is 5.92 Å². The minimum Gasteiger partial charge on any atom is -0.380 e. The Morgan fingerprint density at radius 2 is 2.05 bits per heavy atom. The molecule has 116 valence electrons. The van der Waals surface area contributed by atoms with E-state index in [4.69, 9.17) is 4.74 Å². The van der Waals surface area contributed by atoms with E-state index in [1.54, 1.807) is 7.11 Å². The lowest BCUT2D eigenvalue weighted by Gasteiger charge is -2.38. The van der Waals surface area contributed by atoms with E-state index in [2.05, 4.69) is 30.9 Å². The fourth-order valence-electron chi connectivity index (χ4n) is 3.03. The van der Waals surface area contributed by atoms with Gasteiger partial charge in [-0.15, -0.1) is 0 Å². The molecule has 0 radical (unpaired) electrons. The third kappa shape index (κ3) is 3.72. The second-order valence-corrected chi connectivity index (χ2v) is 6.13. The Labute approximate surface area is 128 Å². The molecule has 0 aliphatic carbocycles. The van der Waals surface area contributed by atoms with Gasteiger partial charge in [0.1, 0.15) is 0 Å². The molecule has 0 spiro atoms. The van der Waals surface area contributed by atoms with E-state index in [9.17, 15) is 4.79 Å². The summed E-state index contributed by atoms with van der Waals surface area (Å²) in [5, 5.41) is 0. The number of ether oxygens (including phenoxy) is 1. The predicted octanol–water partition coefficient (Wildman–Crippen LogP) is 3.18. The fraction of sp³-hybridized carbons (Fsp3) is 0.611. The molecule has 0 saturated carbocycles. The van der Waals surface area contributed by atoms with Gasteiger partial charge in [0.25, 0.3) is 0 Å². The first-order valence-corrected chi connectivity index (χ1v) is 7.96. The molecule has 1 aromatic carbocycles. The quantitative estimate of drug-likeness (QED) is 0.780. The van der Waals surface area contributed by atoms with Crippen LogP contribution in [-0.2, 0) is 11.2 Å². The van der Waals surface area contributed by atoms with Crippen molar-refractivity contribution < 1.29 is 9.53 Å². The SMILES string of the molecule is CCc1ccc(C(=O)C(C)N2CCC(C)C(OC)C2)cc1. The molecule has 21 heavy (non-hydrogen) atoms. The zero-order chi connectivity index (χ0) is 15.4. The molecule has 3 unspecified atom stereocenters. The molecule has 0 N–H and O–H groups in total. The van der Waals surface area contributed by atoms with Crippen LogP contribution in [0.3, 0.4) is 0 Å². The highest BCUT2D eigenvalue weighted by Gasteiger charge is 2.31. The standard InChI is InChI=1S/C18H27NO2/c1-5-15-6-8-16(9-7-15)18(20)14(3)19-11-10-13(2)17(12-19)21-4/h6-9,13-14,17H,5,10-12H2,1-4H3. The molecule has 1 aliphatic rings. The number of benzene rings is 1. The number of ketones is 1. The van der Waals surface area contributed by atoms with Crippen molar-refractivity contribution in [3.8, 4) is 0 Å². The summed E-state index contributed by atoms with van der Waals surface area (Å²) in [4.78, 5) is 14.9. The lowest BCUT2D eigenvalue weighted by atomic mass is 9.93. The van der Waals surface area contributed by atoms with Crippen LogP contribution in [-0.4, -0.2) is 43.0 Å². The summed E-state index contributed by atoms with van der Waals surface area (Å²) in [7, 11) is 1.76. The maximum absolute atomic E-state index is 12.6. The van der Waals surface area contributed by atoms with Gasteiger partial charge in [0.05, 0.1) is 12.1 Å². The summed E-state index contributed by atoms with van der Waals surface area (Å²) in [6, 6.07) is 7.94. The Balaban J connectivity index is 2.04. The number of carbonyl (C=O) groups is 1. The van der Waals surface area contributed by atoms with Crippen molar-refractivity contribution >= 4 is 5.78 Å². The van der Waals surface area contributed by atoms with E-state index in [1.807, 2.05) is 19.1 Å². The highest BCUT2D eigenvalue weighted by Crippen LogP contribution is 2.22. The molecule has 3 atom stereocenters. The van der Waals surface area contributed by atoms with Crippen molar-refractivity contribution in [3.05, 3.63) is 35.4 Å². The third-order valence-corrected chi connectivity index (χ3v) is 4.80. The van der Waals surface area contributed by atoms with Crippen LogP contribution >= 0.6 is 0 Å². The molecular formula is C18H27NO2. The number of likely N-dealkylation sites (tertiary alicyclic amines) is 1. The zero-order valence-corrected chi connectivity index (χ0v) is 13.6. The molecule has 0 amide bonds. The Bertz CT molecular complexity index is 469. The normalized spacial score (nSPS) is 24.8. The van der Waals surface area contributed by atoms with Gasteiger partial charge < -0.3 is 4.74 Å². The monoisotopic (exact) mass is 289 g/mol. The van der Waals surface area contributed by atoms with Crippen LogP contribution in [0.15, 0.2) is 24.3 Å². The lowest BCUT2D eigenvalue weighted by molar-refractivity contribution is -0.0139. The second kappa shape index (κ2) is 7.19. The largest absolute Gasteiger partial charge is 0.380 e. The summed E-state index contributed by atoms with van der Waals surface area (Å²) < 4.78 is 5.55. The number of hydrogen-bond donors (Lipinski definition) is 0. The van der Waals surface area contributed by atoms with Gasteiger partial charge in [-0.2, -0.15) is 0 Å². The number of piperidine rings is 1. The number of aryl methyl sites for hydroxylation is 1. The molecule has 0 aromatic heterocycles. The van der Waals surface area contributed by atoms with E-state index in [-0.39, 0.29) is 17.9 Å². The van der Waals surface area contributed by atoms with Crippen molar-refractivity contribution in [3.63, 3.8) is 0 Å². The molecule has 0 bridgehead atoms. The van der Waals surface area contributed by atoms with Crippen LogP contribution in [0.4, 0.5) is 0 Å². The average Bonchev–Trinajstić information content (AvgIpc) is 2.54. The van der Waals surface area contributed by atoms with E-state index in [0.717, 1.165) is 31.5 Å². The van der Waals surface area contributed by atoms with Gasteiger partial charge >= 0.3 is 0 Å². The van der Waals surface area contributed by atoms with Crippen molar-refractivity contribution in [1.82, 2.24) is 4.90 Å². The molecule has 2 rings (SSSR count). The maximum atomic E-state index is 12.6. The van der Waals surface area contributed by atoms with Gasteiger partial charge in [-0.25, -0.2) is 0 Å². The predicted molar refractivity (Wildman–Crippen MR) is 85.8 cm³/mol. The first-order chi connectivity index (χ1) is 10.1. The highest BCUT2D eigenvalue weighted by atomic mass is 16.5. The topological polar surface area (TPSA) is 29.5 Å². The van der Waals surface area contributed by atoms with Crippen LogP contribution in [0.5, 0.6) is 0 Å². The fourth-order valence-corrected chi connectivity index (χ4v) is 3.03. The molecule has 1 aromatic rings. The number of nitrogens with zero attached hydrogens (tertiary/aromatic N) is 1. The number of hydrogen-bond acceptors (Lipinski definition) is 3. The molecule has 1 fully saturated rings. The minimum absolute atomic E-state index is 0.0809. The van der Waals surface area contributed by atoms with Gasteiger partial charge in [0.2, 0.25) is 0 Å². The van der Waals surface area contributed by atoms with Crippen LogP contribution in [0.25, 0.3) is 0 Å². The van der Waals surface area contributed by atoms with Gasteiger partial charge in [-0.3, -0.25) is 9.69 Å². The van der Waals surface area contributed by atoms with Crippen molar-refractivity contribution in [1.29, 1.82) is 0 Å². The molecular weight excluding hydrogens is 262 g/mol. The summed E-state index contributed by atoms with van der Waals surface area (Å²) in [5.74, 6) is 0.777. The summed E-state index contributed by atoms with van der Waals surface area (Å²) in [5.41, 5.74) is 2.08. The van der Waals surface area contributed by atoms with Gasteiger partial charge in [0, 0.05) is 19.2 Å². The molecule has 1 heterocycles. The Hall–Kier alpha value is -1.19. The summed E-state index contributed by atoms with van der Waals surface area (Å²) in [6.45, 7) is 8.18. The maximum Gasteiger partial charge on any atom is 0.179 e. The Morgan fingerprint density at radius 3 is 2.62 bits per heavy atom. The van der Waals surface area contributed by atoms with Crippen molar-refractivity contribution in [2.45, 2.75) is 45.8 Å². The molecule has 1 saturated heterocycles.